The summed E-state index contributed by atoms with van der Waals surface area (Å²) in [7, 11) is 0. The third kappa shape index (κ3) is 3.59. The first-order chi connectivity index (χ1) is 9.77. The molecule has 0 aliphatic carbocycles. The summed E-state index contributed by atoms with van der Waals surface area (Å²) in [4.78, 5) is 31.2. The fourth-order valence-corrected chi connectivity index (χ4v) is 1.72. The molecule has 2 aromatic rings. The van der Waals surface area contributed by atoms with Crippen LogP contribution in [0.3, 0.4) is 0 Å². The maximum Gasteiger partial charge on any atom is 0.248 e. The fraction of sp³-hybridized carbons (Fsp3) is 0.400. The molecule has 21 heavy (non-hydrogen) atoms. The third-order valence-electron chi connectivity index (χ3n) is 3.05. The van der Waals surface area contributed by atoms with Gasteiger partial charge in [-0.15, -0.1) is 0 Å². The summed E-state index contributed by atoms with van der Waals surface area (Å²) in [6, 6.07) is 6.86. The van der Waals surface area contributed by atoms with Crippen LogP contribution in [0.15, 0.2) is 24.3 Å². The minimum absolute atomic E-state index is 0.172. The van der Waals surface area contributed by atoms with Crippen LogP contribution in [0.1, 0.15) is 27.7 Å². The topological polar surface area (TPSA) is 86.9 Å². The molecule has 1 atom stereocenters. The van der Waals surface area contributed by atoms with E-state index in [4.69, 9.17) is 0 Å². The van der Waals surface area contributed by atoms with Crippen molar-refractivity contribution in [3.8, 4) is 0 Å². The van der Waals surface area contributed by atoms with Gasteiger partial charge in [-0.2, -0.15) is 0 Å². The Hall–Kier alpha value is -2.37. The standard InChI is InChI=1S/C15H20N4O2/c1-9(16-13(21)15(2,3)4)12(20)19-14-17-10-7-5-6-8-11(10)18-14/h5-9H,1-4H3,(H,16,21)(H2,17,18,19,20)/t9-/m1/s1. The van der Waals surface area contributed by atoms with Crippen molar-refractivity contribution < 1.29 is 9.59 Å². The number of imidazole rings is 1. The van der Waals surface area contributed by atoms with Crippen molar-refractivity contribution in [3.05, 3.63) is 24.3 Å². The van der Waals surface area contributed by atoms with Gasteiger partial charge in [-0.3, -0.25) is 14.9 Å². The summed E-state index contributed by atoms with van der Waals surface area (Å²) in [5.41, 5.74) is 1.09. The molecule has 1 aromatic heterocycles. The number of H-pyrrole nitrogens is 1. The number of aromatic nitrogens is 2. The number of nitrogens with one attached hydrogen (secondary N) is 3. The van der Waals surface area contributed by atoms with Crippen molar-refractivity contribution >= 4 is 28.8 Å². The van der Waals surface area contributed by atoms with Gasteiger partial charge in [0, 0.05) is 5.41 Å². The molecule has 1 aromatic carbocycles. The van der Waals surface area contributed by atoms with Crippen molar-refractivity contribution in [1.82, 2.24) is 15.3 Å². The molecular formula is C15H20N4O2. The van der Waals surface area contributed by atoms with Crippen LogP contribution in [-0.4, -0.2) is 27.8 Å². The Morgan fingerprint density at radius 3 is 2.52 bits per heavy atom. The Kier molecular flexibility index (Phi) is 3.97. The molecule has 0 spiro atoms. The Labute approximate surface area is 123 Å². The Balaban J connectivity index is 2.02. The second-order valence-corrected chi connectivity index (χ2v) is 6.04. The summed E-state index contributed by atoms with van der Waals surface area (Å²) in [6.45, 7) is 7.03. The van der Waals surface area contributed by atoms with E-state index >= 15 is 0 Å². The van der Waals surface area contributed by atoms with E-state index in [0.29, 0.717) is 5.95 Å². The summed E-state index contributed by atoms with van der Waals surface area (Å²) >= 11 is 0. The molecule has 112 valence electrons. The normalized spacial score (nSPS) is 13.0. The van der Waals surface area contributed by atoms with E-state index in [1.165, 1.54) is 0 Å². The van der Waals surface area contributed by atoms with E-state index in [-0.39, 0.29) is 11.8 Å². The zero-order valence-corrected chi connectivity index (χ0v) is 12.7. The predicted octanol–water partition coefficient (Wildman–Crippen LogP) is 2.05. The monoisotopic (exact) mass is 288 g/mol. The number of amides is 2. The molecule has 0 radical (unpaired) electrons. The first kappa shape index (κ1) is 15.0. The Morgan fingerprint density at radius 2 is 1.90 bits per heavy atom. The number of para-hydroxylation sites is 2. The number of hydrogen-bond donors (Lipinski definition) is 3. The van der Waals surface area contributed by atoms with Gasteiger partial charge in [0.15, 0.2) is 0 Å². The lowest BCUT2D eigenvalue weighted by Gasteiger charge is -2.21. The first-order valence-electron chi connectivity index (χ1n) is 6.84. The maximum atomic E-state index is 12.1. The molecule has 1 heterocycles. The summed E-state index contributed by atoms with van der Waals surface area (Å²) in [6.07, 6.45) is 0. The zero-order valence-electron chi connectivity index (χ0n) is 12.7. The molecular weight excluding hydrogens is 268 g/mol. The van der Waals surface area contributed by atoms with Crippen LogP contribution < -0.4 is 10.6 Å². The van der Waals surface area contributed by atoms with Crippen LogP contribution >= 0.6 is 0 Å². The molecule has 6 nitrogen and oxygen atoms in total. The van der Waals surface area contributed by atoms with Gasteiger partial charge in [0.1, 0.15) is 6.04 Å². The Morgan fingerprint density at radius 1 is 1.24 bits per heavy atom. The van der Waals surface area contributed by atoms with E-state index in [1.54, 1.807) is 27.7 Å². The minimum Gasteiger partial charge on any atom is -0.344 e. The number of aromatic amines is 1. The molecule has 2 amide bonds. The lowest BCUT2D eigenvalue weighted by atomic mass is 9.95. The lowest BCUT2D eigenvalue weighted by Crippen LogP contribution is -2.46. The van der Waals surface area contributed by atoms with E-state index in [9.17, 15) is 9.59 Å². The number of hydrogen-bond acceptors (Lipinski definition) is 3. The van der Waals surface area contributed by atoms with E-state index < -0.39 is 11.5 Å². The largest absolute Gasteiger partial charge is 0.344 e. The molecule has 0 bridgehead atoms. The molecule has 0 aliphatic heterocycles. The molecule has 0 fully saturated rings. The molecule has 0 unspecified atom stereocenters. The number of nitrogens with zero attached hydrogens (tertiary/aromatic N) is 1. The number of carbonyl (C=O) groups excluding carboxylic acids is 2. The average Bonchev–Trinajstić information content (AvgIpc) is 2.79. The van der Waals surface area contributed by atoms with Crippen molar-refractivity contribution in [2.75, 3.05) is 5.32 Å². The van der Waals surface area contributed by atoms with E-state index in [1.807, 2.05) is 24.3 Å². The number of anilines is 1. The SMILES string of the molecule is C[C@@H](NC(=O)C(C)(C)C)C(=O)Nc1nc2ccccc2[nH]1. The van der Waals surface area contributed by atoms with Crippen LogP contribution in [0, 0.1) is 5.41 Å². The van der Waals surface area contributed by atoms with Gasteiger partial charge >= 0.3 is 0 Å². The van der Waals surface area contributed by atoms with Crippen LogP contribution in [-0.2, 0) is 9.59 Å². The molecule has 0 saturated carbocycles. The third-order valence-corrected chi connectivity index (χ3v) is 3.05. The van der Waals surface area contributed by atoms with Crippen molar-refractivity contribution in [2.45, 2.75) is 33.7 Å². The molecule has 0 aliphatic rings. The highest BCUT2D eigenvalue weighted by molar-refractivity contribution is 5.97. The highest BCUT2D eigenvalue weighted by Gasteiger charge is 2.25. The second-order valence-electron chi connectivity index (χ2n) is 6.04. The van der Waals surface area contributed by atoms with Gasteiger partial charge in [-0.05, 0) is 19.1 Å². The summed E-state index contributed by atoms with van der Waals surface area (Å²) < 4.78 is 0. The average molecular weight is 288 g/mol. The summed E-state index contributed by atoms with van der Waals surface area (Å²) in [5, 5.41) is 5.35. The predicted molar refractivity (Wildman–Crippen MR) is 81.8 cm³/mol. The van der Waals surface area contributed by atoms with E-state index in [0.717, 1.165) is 11.0 Å². The van der Waals surface area contributed by atoms with Crippen LogP contribution in [0.5, 0.6) is 0 Å². The van der Waals surface area contributed by atoms with Crippen molar-refractivity contribution in [2.24, 2.45) is 5.41 Å². The number of carbonyl (C=O) groups is 2. The highest BCUT2D eigenvalue weighted by atomic mass is 16.2. The lowest BCUT2D eigenvalue weighted by molar-refractivity contribution is -0.131. The second kappa shape index (κ2) is 5.55. The fourth-order valence-electron chi connectivity index (χ4n) is 1.72. The molecule has 3 N–H and O–H groups in total. The summed E-state index contributed by atoms with van der Waals surface area (Å²) in [5.74, 6) is -0.112. The van der Waals surface area contributed by atoms with Crippen LogP contribution in [0.4, 0.5) is 5.95 Å². The zero-order chi connectivity index (χ0) is 15.6. The highest BCUT2D eigenvalue weighted by Crippen LogP contribution is 2.14. The quantitative estimate of drug-likeness (QED) is 0.808. The van der Waals surface area contributed by atoms with Gasteiger partial charge in [0.05, 0.1) is 11.0 Å². The minimum atomic E-state index is -0.634. The van der Waals surface area contributed by atoms with Gasteiger partial charge in [0.2, 0.25) is 17.8 Å². The molecule has 0 saturated heterocycles. The van der Waals surface area contributed by atoms with Gasteiger partial charge in [0.25, 0.3) is 0 Å². The Bertz CT molecular complexity index is 637. The van der Waals surface area contributed by atoms with Crippen LogP contribution in [0.2, 0.25) is 0 Å². The van der Waals surface area contributed by atoms with Gasteiger partial charge in [-0.25, -0.2) is 4.98 Å². The number of benzene rings is 1. The first-order valence-corrected chi connectivity index (χ1v) is 6.84. The van der Waals surface area contributed by atoms with Gasteiger partial charge in [-0.1, -0.05) is 32.9 Å². The number of rotatable bonds is 3. The maximum absolute atomic E-state index is 12.1. The molecule has 6 heteroatoms. The van der Waals surface area contributed by atoms with Crippen LogP contribution in [0.25, 0.3) is 11.0 Å². The number of fused-ring (bicyclic) bond motifs is 1. The van der Waals surface area contributed by atoms with Gasteiger partial charge < -0.3 is 10.3 Å². The van der Waals surface area contributed by atoms with Crippen molar-refractivity contribution in [1.29, 1.82) is 0 Å². The van der Waals surface area contributed by atoms with Crippen molar-refractivity contribution in [3.63, 3.8) is 0 Å². The van der Waals surface area contributed by atoms with E-state index in [2.05, 4.69) is 20.6 Å². The smallest absolute Gasteiger partial charge is 0.248 e. The molecule has 2 rings (SSSR count).